The molecule has 1 unspecified atom stereocenters. The number of nitrogens with zero attached hydrogens (tertiary/aromatic N) is 1. The maximum atomic E-state index is 13.0. The lowest BCUT2D eigenvalue weighted by Crippen LogP contribution is -2.31. The van der Waals surface area contributed by atoms with Gasteiger partial charge in [-0.1, -0.05) is 36.4 Å². The Balaban J connectivity index is 1.62. The van der Waals surface area contributed by atoms with Crippen LogP contribution in [0.15, 0.2) is 48.5 Å². The summed E-state index contributed by atoms with van der Waals surface area (Å²) in [5.41, 5.74) is 3.25. The standard InChI is InChI=1S/C21H20N2O3/c24-19-12-13-20(25)23(19)18-11-4-3-10-17(18)22-21(26)16-9-5-7-14-6-1-2-8-15(14)16/h1-4,6,8,10-11,16H,5,7,9,12-13H2,(H,22,26). The van der Waals surface area contributed by atoms with E-state index >= 15 is 0 Å². The average molecular weight is 348 g/mol. The number of aryl methyl sites for hydroxylation is 1. The molecule has 2 aliphatic rings. The smallest absolute Gasteiger partial charge is 0.234 e. The van der Waals surface area contributed by atoms with Crippen molar-refractivity contribution < 1.29 is 14.4 Å². The zero-order chi connectivity index (χ0) is 18.1. The van der Waals surface area contributed by atoms with E-state index in [0.717, 1.165) is 24.8 Å². The van der Waals surface area contributed by atoms with Gasteiger partial charge in [0.25, 0.3) is 0 Å². The summed E-state index contributed by atoms with van der Waals surface area (Å²) >= 11 is 0. The van der Waals surface area contributed by atoms with Crippen LogP contribution in [0.2, 0.25) is 0 Å². The molecule has 132 valence electrons. The highest BCUT2D eigenvalue weighted by molar-refractivity contribution is 6.21. The molecule has 0 bridgehead atoms. The number of para-hydroxylation sites is 2. The van der Waals surface area contributed by atoms with Gasteiger partial charge in [0.05, 0.1) is 17.3 Å². The van der Waals surface area contributed by atoms with E-state index in [-0.39, 0.29) is 36.5 Å². The van der Waals surface area contributed by atoms with E-state index < -0.39 is 0 Å². The van der Waals surface area contributed by atoms with Gasteiger partial charge in [-0.2, -0.15) is 0 Å². The van der Waals surface area contributed by atoms with Gasteiger partial charge in [-0.25, -0.2) is 4.90 Å². The Hall–Kier alpha value is -2.95. The van der Waals surface area contributed by atoms with Gasteiger partial charge < -0.3 is 5.32 Å². The number of hydrogen-bond donors (Lipinski definition) is 1. The molecule has 1 atom stereocenters. The molecule has 1 heterocycles. The molecule has 0 aromatic heterocycles. The Morgan fingerprint density at radius 1 is 0.923 bits per heavy atom. The fraction of sp³-hybridized carbons (Fsp3) is 0.286. The fourth-order valence-electron chi connectivity index (χ4n) is 3.87. The molecule has 0 saturated carbocycles. The Morgan fingerprint density at radius 2 is 1.62 bits per heavy atom. The summed E-state index contributed by atoms with van der Waals surface area (Å²) in [7, 11) is 0. The lowest BCUT2D eigenvalue weighted by atomic mass is 9.82. The van der Waals surface area contributed by atoms with Crippen molar-refractivity contribution >= 4 is 29.1 Å². The Bertz CT molecular complexity index is 874. The third kappa shape index (κ3) is 2.90. The van der Waals surface area contributed by atoms with Gasteiger partial charge in [0.15, 0.2) is 0 Å². The third-order valence-corrected chi connectivity index (χ3v) is 5.14. The van der Waals surface area contributed by atoms with Crippen molar-refractivity contribution in [1.29, 1.82) is 0 Å². The molecule has 26 heavy (non-hydrogen) atoms. The minimum absolute atomic E-state index is 0.0938. The van der Waals surface area contributed by atoms with Gasteiger partial charge >= 0.3 is 0 Å². The second kappa shape index (κ2) is 6.75. The summed E-state index contributed by atoms with van der Waals surface area (Å²) in [5.74, 6) is -0.749. The SMILES string of the molecule is O=C(Nc1ccccc1N1C(=O)CCC1=O)C1CCCc2ccccc21. The zero-order valence-corrected chi connectivity index (χ0v) is 14.4. The lowest BCUT2D eigenvalue weighted by Gasteiger charge is -2.25. The van der Waals surface area contributed by atoms with Crippen LogP contribution in [-0.4, -0.2) is 17.7 Å². The van der Waals surface area contributed by atoms with Crippen LogP contribution in [0.4, 0.5) is 11.4 Å². The molecule has 1 N–H and O–H groups in total. The first-order valence-electron chi connectivity index (χ1n) is 8.98. The number of hydrogen-bond acceptors (Lipinski definition) is 3. The van der Waals surface area contributed by atoms with Gasteiger partial charge in [0.1, 0.15) is 0 Å². The van der Waals surface area contributed by atoms with Gasteiger partial charge in [-0.3, -0.25) is 14.4 Å². The maximum absolute atomic E-state index is 13.0. The second-order valence-electron chi connectivity index (χ2n) is 6.77. The summed E-state index contributed by atoms with van der Waals surface area (Å²) in [5, 5.41) is 2.95. The number of anilines is 2. The number of imide groups is 1. The molecular formula is C21H20N2O3. The molecule has 1 aliphatic heterocycles. The second-order valence-corrected chi connectivity index (χ2v) is 6.77. The van der Waals surface area contributed by atoms with Crippen LogP contribution in [0, 0.1) is 0 Å². The van der Waals surface area contributed by atoms with E-state index in [1.54, 1.807) is 24.3 Å². The third-order valence-electron chi connectivity index (χ3n) is 5.14. The van der Waals surface area contributed by atoms with Gasteiger partial charge in [-0.05, 0) is 42.5 Å². The van der Waals surface area contributed by atoms with E-state index in [1.807, 2.05) is 18.2 Å². The van der Waals surface area contributed by atoms with Crippen molar-refractivity contribution in [3.63, 3.8) is 0 Å². The molecule has 5 heteroatoms. The summed E-state index contributed by atoms with van der Waals surface area (Å²) in [4.78, 5) is 38.3. The van der Waals surface area contributed by atoms with Crippen molar-refractivity contribution in [1.82, 2.24) is 0 Å². The highest BCUT2D eigenvalue weighted by Crippen LogP contribution is 2.35. The Kier molecular flexibility index (Phi) is 4.29. The van der Waals surface area contributed by atoms with E-state index in [4.69, 9.17) is 0 Å². The van der Waals surface area contributed by atoms with Crippen LogP contribution >= 0.6 is 0 Å². The first kappa shape index (κ1) is 16.5. The predicted molar refractivity (Wildman–Crippen MR) is 98.9 cm³/mol. The number of rotatable bonds is 3. The number of benzene rings is 2. The molecule has 1 fully saturated rings. The molecule has 1 aliphatic carbocycles. The van der Waals surface area contributed by atoms with Crippen LogP contribution in [0.25, 0.3) is 0 Å². The topological polar surface area (TPSA) is 66.5 Å². The lowest BCUT2D eigenvalue weighted by molar-refractivity contribution is -0.121. The van der Waals surface area contributed by atoms with Crippen LogP contribution in [0.5, 0.6) is 0 Å². The zero-order valence-electron chi connectivity index (χ0n) is 14.4. The maximum Gasteiger partial charge on any atom is 0.234 e. The van der Waals surface area contributed by atoms with Crippen molar-refractivity contribution in [3.8, 4) is 0 Å². The minimum atomic E-state index is -0.222. The van der Waals surface area contributed by atoms with Crippen molar-refractivity contribution in [2.75, 3.05) is 10.2 Å². The molecule has 0 radical (unpaired) electrons. The number of amides is 3. The summed E-state index contributed by atoms with van der Waals surface area (Å²) in [6.07, 6.45) is 3.20. The molecule has 2 aromatic rings. The largest absolute Gasteiger partial charge is 0.324 e. The molecule has 0 spiro atoms. The van der Waals surface area contributed by atoms with Gasteiger partial charge in [0.2, 0.25) is 17.7 Å². The van der Waals surface area contributed by atoms with Crippen LogP contribution in [-0.2, 0) is 20.8 Å². The summed E-state index contributed by atoms with van der Waals surface area (Å²) in [6.45, 7) is 0. The van der Waals surface area contributed by atoms with E-state index in [0.29, 0.717) is 11.4 Å². The Morgan fingerprint density at radius 3 is 2.42 bits per heavy atom. The number of carbonyl (C=O) groups is 3. The minimum Gasteiger partial charge on any atom is -0.324 e. The monoisotopic (exact) mass is 348 g/mol. The normalized spacial score (nSPS) is 19.4. The molecule has 4 rings (SSSR count). The summed E-state index contributed by atoms with van der Waals surface area (Å²) in [6, 6.07) is 15.0. The average Bonchev–Trinajstić information content (AvgIpc) is 3.00. The first-order chi connectivity index (χ1) is 12.6. The van der Waals surface area contributed by atoms with Gasteiger partial charge in [-0.15, -0.1) is 0 Å². The van der Waals surface area contributed by atoms with E-state index in [1.165, 1.54) is 10.5 Å². The Labute approximate surface area is 152 Å². The highest BCUT2D eigenvalue weighted by atomic mass is 16.2. The number of nitrogens with one attached hydrogen (secondary N) is 1. The number of carbonyl (C=O) groups excluding carboxylic acids is 3. The highest BCUT2D eigenvalue weighted by Gasteiger charge is 2.33. The summed E-state index contributed by atoms with van der Waals surface area (Å²) < 4.78 is 0. The van der Waals surface area contributed by atoms with Crippen LogP contribution in [0.1, 0.15) is 42.7 Å². The molecular weight excluding hydrogens is 328 g/mol. The molecule has 2 aromatic carbocycles. The van der Waals surface area contributed by atoms with Crippen molar-refractivity contribution in [3.05, 3.63) is 59.7 Å². The predicted octanol–water partition coefficient (Wildman–Crippen LogP) is 3.40. The van der Waals surface area contributed by atoms with Crippen LogP contribution < -0.4 is 10.2 Å². The van der Waals surface area contributed by atoms with Crippen molar-refractivity contribution in [2.45, 2.75) is 38.0 Å². The van der Waals surface area contributed by atoms with Gasteiger partial charge in [0, 0.05) is 12.8 Å². The molecule has 1 saturated heterocycles. The van der Waals surface area contributed by atoms with Crippen molar-refractivity contribution in [2.24, 2.45) is 0 Å². The molecule has 3 amide bonds. The molecule has 5 nitrogen and oxygen atoms in total. The quantitative estimate of drug-likeness (QED) is 0.865. The number of fused-ring (bicyclic) bond motifs is 1. The van der Waals surface area contributed by atoms with Crippen LogP contribution in [0.3, 0.4) is 0 Å². The fourth-order valence-corrected chi connectivity index (χ4v) is 3.87. The van der Waals surface area contributed by atoms with E-state index in [9.17, 15) is 14.4 Å². The first-order valence-corrected chi connectivity index (χ1v) is 8.98. The van der Waals surface area contributed by atoms with E-state index in [2.05, 4.69) is 11.4 Å².